The van der Waals surface area contributed by atoms with Gasteiger partial charge in [0.2, 0.25) is 0 Å². The highest BCUT2D eigenvalue weighted by Gasteiger charge is 2.34. The number of ether oxygens (including phenoxy) is 2. The molecule has 1 rings (SSSR count). The average molecular weight is 264 g/mol. The molecule has 0 aromatic heterocycles. The Balaban J connectivity index is 2.82. The molecule has 1 aromatic rings. The summed E-state index contributed by atoms with van der Waals surface area (Å²) in [5.74, 6) is -0.251. The van der Waals surface area contributed by atoms with Crippen molar-refractivity contribution in [2.45, 2.75) is 19.7 Å². The number of aliphatic hydroxyl groups is 1. The predicted molar refractivity (Wildman–Crippen MR) is 59.4 cm³/mol. The van der Waals surface area contributed by atoms with E-state index in [-0.39, 0.29) is 24.5 Å². The Hall–Kier alpha value is -1.27. The summed E-state index contributed by atoms with van der Waals surface area (Å²) >= 11 is 0. The van der Waals surface area contributed by atoms with Crippen molar-refractivity contribution in [2.24, 2.45) is 0 Å². The van der Waals surface area contributed by atoms with Gasteiger partial charge in [-0.15, -0.1) is 0 Å². The summed E-state index contributed by atoms with van der Waals surface area (Å²) in [6.45, 7) is 2.11. The predicted octanol–water partition coefficient (Wildman–Crippen LogP) is 2.61. The monoisotopic (exact) mass is 264 g/mol. The first-order valence-electron chi connectivity index (χ1n) is 5.50. The van der Waals surface area contributed by atoms with Crippen molar-refractivity contribution in [1.29, 1.82) is 0 Å². The SMILES string of the molecule is CCOCCOc1ccc(CO)cc1C(F)(F)F. The van der Waals surface area contributed by atoms with Crippen LogP contribution < -0.4 is 4.74 Å². The fraction of sp³-hybridized carbons (Fsp3) is 0.500. The van der Waals surface area contributed by atoms with Crippen LogP contribution in [0.3, 0.4) is 0 Å². The number of hydrogen-bond donors (Lipinski definition) is 1. The Morgan fingerprint density at radius 1 is 1.22 bits per heavy atom. The second-order valence-corrected chi connectivity index (χ2v) is 3.53. The lowest BCUT2D eigenvalue weighted by molar-refractivity contribution is -0.139. The van der Waals surface area contributed by atoms with Gasteiger partial charge in [0.25, 0.3) is 0 Å². The molecule has 0 aliphatic rings. The van der Waals surface area contributed by atoms with Crippen LogP contribution in [0.1, 0.15) is 18.1 Å². The standard InChI is InChI=1S/C12H15F3O3/c1-2-17-5-6-18-11-4-3-9(8-16)7-10(11)12(13,14)15/h3-4,7,16H,2,5-6,8H2,1H3. The molecule has 1 N–H and O–H groups in total. The highest BCUT2D eigenvalue weighted by atomic mass is 19.4. The summed E-state index contributed by atoms with van der Waals surface area (Å²) in [6.07, 6.45) is -4.51. The van der Waals surface area contributed by atoms with E-state index in [0.29, 0.717) is 6.61 Å². The Morgan fingerprint density at radius 3 is 2.50 bits per heavy atom. The number of aliphatic hydroxyl groups excluding tert-OH is 1. The molecule has 0 aliphatic carbocycles. The highest BCUT2D eigenvalue weighted by Crippen LogP contribution is 2.36. The Labute approximate surface area is 103 Å². The van der Waals surface area contributed by atoms with Gasteiger partial charge in [-0.1, -0.05) is 6.07 Å². The maximum atomic E-state index is 12.7. The van der Waals surface area contributed by atoms with Crippen LogP contribution in [0.2, 0.25) is 0 Å². The molecule has 0 atom stereocenters. The molecule has 0 bridgehead atoms. The van der Waals surface area contributed by atoms with Gasteiger partial charge in [0.05, 0.1) is 18.8 Å². The zero-order valence-corrected chi connectivity index (χ0v) is 9.96. The number of hydrogen-bond acceptors (Lipinski definition) is 3. The molecule has 0 radical (unpaired) electrons. The van der Waals surface area contributed by atoms with Crippen molar-refractivity contribution in [2.75, 3.05) is 19.8 Å². The second-order valence-electron chi connectivity index (χ2n) is 3.53. The molecule has 0 aliphatic heterocycles. The maximum Gasteiger partial charge on any atom is 0.419 e. The Morgan fingerprint density at radius 2 is 1.94 bits per heavy atom. The maximum absolute atomic E-state index is 12.7. The topological polar surface area (TPSA) is 38.7 Å². The molecule has 3 nitrogen and oxygen atoms in total. The van der Waals surface area contributed by atoms with Crippen molar-refractivity contribution < 1.29 is 27.8 Å². The van der Waals surface area contributed by atoms with E-state index < -0.39 is 18.3 Å². The summed E-state index contributed by atoms with van der Waals surface area (Å²) in [7, 11) is 0. The van der Waals surface area contributed by atoms with Crippen molar-refractivity contribution >= 4 is 0 Å². The van der Waals surface area contributed by atoms with Gasteiger partial charge in [-0.3, -0.25) is 0 Å². The minimum Gasteiger partial charge on any atom is -0.491 e. The van der Waals surface area contributed by atoms with Crippen molar-refractivity contribution in [3.8, 4) is 5.75 Å². The summed E-state index contributed by atoms with van der Waals surface area (Å²) in [5, 5.41) is 8.84. The van der Waals surface area contributed by atoms with Gasteiger partial charge in [0, 0.05) is 6.61 Å². The first-order chi connectivity index (χ1) is 8.49. The minimum absolute atomic E-state index is 0.0510. The lowest BCUT2D eigenvalue weighted by Crippen LogP contribution is -2.12. The van der Waals surface area contributed by atoms with Gasteiger partial charge in [-0.25, -0.2) is 0 Å². The highest BCUT2D eigenvalue weighted by molar-refractivity contribution is 5.39. The molecule has 102 valence electrons. The van der Waals surface area contributed by atoms with Crippen molar-refractivity contribution in [3.05, 3.63) is 29.3 Å². The summed E-state index contributed by atoms with van der Waals surface area (Å²) < 4.78 is 48.3. The molecule has 0 saturated heterocycles. The van der Waals surface area contributed by atoms with Crippen LogP contribution in [0.15, 0.2) is 18.2 Å². The van der Waals surface area contributed by atoms with Crippen LogP contribution in [-0.4, -0.2) is 24.9 Å². The van der Waals surface area contributed by atoms with Crippen LogP contribution in [0.4, 0.5) is 13.2 Å². The molecule has 0 spiro atoms. The Bertz CT molecular complexity index is 377. The molecule has 1 aromatic carbocycles. The van der Waals surface area contributed by atoms with E-state index in [4.69, 9.17) is 14.6 Å². The first kappa shape index (κ1) is 14.8. The summed E-state index contributed by atoms with van der Waals surface area (Å²) in [6, 6.07) is 3.49. The molecular formula is C12H15F3O3. The largest absolute Gasteiger partial charge is 0.491 e. The van der Waals surface area contributed by atoms with E-state index in [2.05, 4.69) is 0 Å². The average Bonchev–Trinajstić information content (AvgIpc) is 2.33. The Kier molecular flexibility index (Phi) is 5.43. The van der Waals surface area contributed by atoms with Crippen molar-refractivity contribution in [3.63, 3.8) is 0 Å². The molecule has 0 saturated carbocycles. The van der Waals surface area contributed by atoms with Gasteiger partial charge in [-0.2, -0.15) is 13.2 Å². The fourth-order valence-electron chi connectivity index (χ4n) is 1.38. The third kappa shape index (κ3) is 4.19. The van der Waals surface area contributed by atoms with Crippen LogP contribution in [-0.2, 0) is 17.5 Å². The zero-order chi connectivity index (χ0) is 13.6. The molecular weight excluding hydrogens is 249 g/mol. The van der Waals surface area contributed by atoms with Crippen LogP contribution >= 0.6 is 0 Å². The second kappa shape index (κ2) is 6.61. The first-order valence-corrected chi connectivity index (χ1v) is 5.50. The van der Waals surface area contributed by atoms with Crippen LogP contribution in [0.25, 0.3) is 0 Å². The van der Waals surface area contributed by atoms with Gasteiger partial charge in [0.1, 0.15) is 12.4 Å². The van der Waals surface area contributed by atoms with Gasteiger partial charge in [0.15, 0.2) is 0 Å². The summed E-state index contributed by atoms with van der Waals surface area (Å²) in [4.78, 5) is 0. The molecule has 18 heavy (non-hydrogen) atoms. The van der Waals surface area contributed by atoms with Gasteiger partial charge < -0.3 is 14.6 Å². The number of benzene rings is 1. The van der Waals surface area contributed by atoms with E-state index in [0.717, 1.165) is 6.07 Å². The fourth-order valence-corrected chi connectivity index (χ4v) is 1.38. The number of halogens is 3. The van der Waals surface area contributed by atoms with Crippen LogP contribution in [0, 0.1) is 0 Å². The normalized spacial score (nSPS) is 11.6. The van der Waals surface area contributed by atoms with Crippen LogP contribution in [0.5, 0.6) is 5.75 Å². The van der Waals surface area contributed by atoms with E-state index in [1.165, 1.54) is 12.1 Å². The van der Waals surface area contributed by atoms with E-state index in [1.54, 1.807) is 6.92 Å². The molecule has 0 unspecified atom stereocenters. The minimum atomic E-state index is -4.51. The zero-order valence-electron chi connectivity index (χ0n) is 9.96. The molecule has 0 amide bonds. The van der Waals surface area contributed by atoms with E-state index in [1.807, 2.05) is 0 Å². The van der Waals surface area contributed by atoms with Gasteiger partial charge in [-0.05, 0) is 24.6 Å². The van der Waals surface area contributed by atoms with E-state index in [9.17, 15) is 13.2 Å². The number of alkyl halides is 3. The molecule has 0 heterocycles. The molecule has 6 heteroatoms. The lowest BCUT2D eigenvalue weighted by atomic mass is 10.1. The quantitative estimate of drug-likeness (QED) is 0.803. The van der Waals surface area contributed by atoms with Crippen molar-refractivity contribution in [1.82, 2.24) is 0 Å². The lowest BCUT2D eigenvalue weighted by Gasteiger charge is -2.15. The number of rotatable bonds is 6. The third-order valence-corrected chi connectivity index (χ3v) is 2.22. The molecule has 0 fully saturated rings. The third-order valence-electron chi connectivity index (χ3n) is 2.22. The van der Waals surface area contributed by atoms with Gasteiger partial charge >= 0.3 is 6.18 Å². The van der Waals surface area contributed by atoms with E-state index >= 15 is 0 Å². The smallest absolute Gasteiger partial charge is 0.419 e. The summed E-state index contributed by atoms with van der Waals surface area (Å²) in [5.41, 5.74) is -0.690.